The first-order valence-corrected chi connectivity index (χ1v) is 7.59. The number of carbonyl (C=O) groups is 1. The molecule has 1 aromatic carbocycles. The van der Waals surface area contributed by atoms with E-state index in [1.165, 1.54) is 6.08 Å². The summed E-state index contributed by atoms with van der Waals surface area (Å²) in [5.41, 5.74) is 0.707. The average Bonchev–Trinajstić information content (AvgIpc) is 2.42. The number of ether oxygens (including phenoxy) is 1. The van der Waals surface area contributed by atoms with E-state index >= 15 is 0 Å². The number of allylic oxidation sites excluding steroid dienone is 1. The Labute approximate surface area is 133 Å². The van der Waals surface area contributed by atoms with E-state index in [2.05, 4.69) is 5.32 Å². The molecule has 0 aliphatic rings. The number of hydrogen-bond acceptors (Lipinski definition) is 3. The molecule has 0 aliphatic heterocycles. The highest BCUT2D eigenvalue weighted by Crippen LogP contribution is 2.18. The lowest BCUT2D eigenvalue weighted by molar-refractivity contribution is -0.117. The molecule has 0 bridgehead atoms. The predicted octanol–water partition coefficient (Wildman–Crippen LogP) is 3.23. The normalized spacial score (nSPS) is 13.4. The zero-order valence-electron chi connectivity index (χ0n) is 14.1. The molecule has 22 heavy (non-hydrogen) atoms. The summed E-state index contributed by atoms with van der Waals surface area (Å²) in [5, 5.41) is 12.8. The highest BCUT2D eigenvalue weighted by atomic mass is 16.5. The van der Waals surface area contributed by atoms with E-state index in [9.17, 15) is 9.90 Å². The number of amides is 1. The summed E-state index contributed by atoms with van der Waals surface area (Å²) in [6.07, 6.45) is 2.73. The molecule has 1 amide bonds. The average molecular weight is 305 g/mol. The van der Waals surface area contributed by atoms with Crippen LogP contribution in [0.15, 0.2) is 36.4 Å². The van der Waals surface area contributed by atoms with Crippen molar-refractivity contribution in [1.82, 2.24) is 5.32 Å². The van der Waals surface area contributed by atoms with Crippen molar-refractivity contribution in [3.63, 3.8) is 0 Å². The Morgan fingerprint density at radius 1 is 1.27 bits per heavy atom. The molecule has 0 fully saturated rings. The van der Waals surface area contributed by atoms with Gasteiger partial charge in [0.25, 0.3) is 0 Å². The molecular weight excluding hydrogens is 278 g/mol. The van der Waals surface area contributed by atoms with Crippen LogP contribution in [0.3, 0.4) is 0 Å². The minimum atomic E-state index is -0.736. The number of aliphatic hydroxyl groups is 1. The lowest BCUT2D eigenvalue weighted by Crippen LogP contribution is -2.27. The summed E-state index contributed by atoms with van der Waals surface area (Å²) < 4.78 is 5.55. The number of rotatable bonds is 6. The summed E-state index contributed by atoms with van der Waals surface area (Å²) in [5.74, 6) is 0.567. The number of benzene rings is 1. The fraction of sp³-hybridized carbons (Fsp3) is 0.500. The molecule has 1 atom stereocenters. The Morgan fingerprint density at radius 2 is 1.86 bits per heavy atom. The van der Waals surface area contributed by atoms with E-state index in [0.717, 1.165) is 11.3 Å². The van der Waals surface area contributed by atoms with Crippen molar-refractivity contribution in [3.05, 3.63) is 42.0 Å². The highest BCUT2D eigenvalue weighted by molar-refractivity contribution is 5.87. The van der Waals surface area contributed by atoms with Gasteiger partial charge < -0.3 is 15.2 Å². The van der Waals surface area contributed by atoms with Gasteiger partial charge in [0, 0.05) is 6.54 Å². The monoisotopic (exact) mass is 305 g/mol. The van der Waals surface area contributed by atoms with Crippen LogP contribution < -0.4 is 10.1 Å². The SMILES string of the molecule is CC(C)Oc1ccc(C(O)CNC(=O)/C=C/C(C)(C)C)cc1. The van der Waals surface area contributed by atoms with Crippen LogP contribution in [0.2, 0.25) is 0 Å². The van der Waals surface area contributed by atoms with Gasteiger partial charge in [-0.2, -0.15) is 0 Å². The van der Waals surface area contributed by atoms with Gasteiger partial charge in [-0.05, 0) is 43.0 Å². The third-order valence-electron chi connectivity index (χ3n) is 2.84. The third kappa shape index (κ3) is 7.27. The van der Waals surface area contributed by atoms with E-state index < -0.39 is 6.10 Å². The Bertz CT molecular complexity index is 498. The van der Waals surface area contributed by atoms with Crippen LogP contribution in [-0.2, 0) is 4.79 Å². The summed E-state index contributed by atoms with van der Waals surface area (Å²) in [4.78, 5) is 11.7. The fourth-order valence-corrected chi connectivity index (χ4v) is 1.74. The highest BCUT2D eigenvalue weighted by Gasteiger charge is 2.10. The van der Waals surface area contributed by atoms with Crippen molar-refractivity contribution in [3.8, 4) is 5.75 Å². The number of carbonyl (C=O) groups excluding carboxylic acids is 1. The molecule has 0 aliphatic carbocycles. The number of hydrogen-bond donors (Lipinski definition) is 2. The summed E-state index contributed by atoms with van der Waals surface area (Å²) in [6.45, 7) is 10.2. The lowest BCUT2D eigenvalue weighted by atomic mass is 9.96. The van der Waals surface area contributed by atoms with Crippen LogP contribution in [0.1, 0.15) is 46.3 Å². The van der Waals surface area contributed by atoms with Gasteiger partial charge >= 0.3 is 0 Å². The fourth-order valence-electron chi connectivity index (χ4n) is 1.74. The molecule has 0 radical (unpaired) electrons. The van der Waals surface area contributed by atoms with E-state index in [-0.39, 0.29) is 24.0 Å². The van der Waals surface area contributed by atoms with Gasteiger partial charge in [-0.1, -0.05) is 39.0 Å². The van der Waals surface area contributed by atoms with Gasteiger partial charge in [0.1, 0.15) is 5.75 Å². The third-order valence-corrected chi connectivity index (χ3v) is 2.84. The van der Waals surface area contributed by atoms with Crippen molar-refractivity contribution < 1.29 is 14.6 Å². The summed E-state index contributed by atoms with van der Waals surface area (Å²) in [6, 6.07) is 7.25. The second-order valence-electron chi connectivity index (χ2n) is 6.70. The van der Waals surface area contributed by atoms with E-state index in [1.54, 1.807) is 12.1 Å². The van der Waals surface area contributed by atoms with Crippen LogP contribution in [0, 0.1) is 5.41 Å². The topological polar surface area (TPSA) is 58.6 Å². The Hall–Kier alpha value is -1.81. The van der Waals surface area contributed by atoms with Gasteiger partial charge in [-0.15, -0.1) is 0 Å². The Morgan fingerprint density at radius 3 is 2.36 bits per heavy atom. The van der Waals surface area contributed by atoms with Gasteiger partial charge in [0.15, 0.2) is 0 Å². The molecule has 0 aromatic heterocycles. The molecule has 4 nitrogen and oxygen atoms in total. The molecule has 0 heterocycles. The minimum Gasteiger partial charge on any atom is -0.491 e. The van der Waals surface area contributed by atoms with Crippen molar-refractivity contribution in [1.29, 1.82) is 0 Å². The van der Waals surface area contributed by atoms with Gasteiger partial charge in [-0.25, -0.2) is 0 Å². The van der Waals surface area contributed by atoms with Gasteiger partial charge in [0.2, 0.25) is 5.91 Å². The van der Waals surface area contributed by atoms with Crippen molar-refractivity contribution in [2.75, 3.05) is 6.54 Å². The molecule has 1 aromatic rings. The molecule has 0 saturated carbocycles. The first-order valence-electron chi connectivity index (χ1n) is 7.59. The molecule has 122 valence electrons. The standard InChI is InChI=1S/C18H27NO3/c1-13(2)22-15-8-6-14(7-9-15)16(20)12-19-17(21)10-11-18(3,4)5/h6-11,13,16,20H,12H2,1-5H3,(H,19,21)/b11-10+. The maximum Gasteiger partial charge on any atom is 0.243 e. The number of aliphatic hydroxyl groups excluding tert-OH is 1. The molecule has 2 N–H and O–H groups in total. The number of nitrogens with one attached hydrogen (secondary N) is 1. The van der Waals surface area contributed by atoms with Crippen LogP contribution >= 0.6 is 0 Å². The molecule has 0 spiro atoms. The zero-order chi connectivity index (χ0) is 16.8. The Balaban J connectivity index is 2.50. The summed E-state index contributed by atoms with van der Waals surface area (Å²) in [7, 11) is 0. The van der Waals surface area contributed by atoms with Gasteiger partial charge in [-0.3, -0.25) is 4.79 Å². The van der Waals surface area contributed by atoms with Crippen molar-refractivity contribution in [2.45, 2.75) is 46.8 Å². The smallest absolute Gasteiger partial charge is 0.243 e. The van der Waals surface area contributed by atoms with Crippen LogP contribution in [0.5, 0.6) is 5.75 Å². The maximum atomic E-state index is 11.7. The van der Waals surface area contributed by atoms with Crippen molar-refractivity contribution >= 4 is 5.91 Å². The molecule has 0 saturated heterocycles. The van der Waals surface area contributed by atoms with Gasteiger partial charge in [0.05, 0.1) is 12.2 Å². The largest absolute Gasteiger partial charge is 0.491 e. The first kappa shape index (κ1) is 18.2. The van der Waals surface area contributed by atoms with Crippen LogP contribution in [-0.4, -0.2) is 23.7 Å². The van der Waals surface area contributed by atoms with Crippen LogP contribution in [0.25, 0.3) is 0 Å². The quantitative estimate of drug-likeness (QED) is 0.793. The van der Waals surface area contributed by atoms with Crippen LogP contribution in [0.4, 0.5) is 0 Å². The Kier molecular flexibility index (Phi) is 6.62. The molecule has 4 heteroatoms. The molecular formula is C18H27NO3. The minimum absolute atomic E-state index is 0.0395. The van der Waals surface area contributed by atoms with E-state index in [0.29, 0.717) is 0 Å². The predicted molar refractivity (Wildman–Crippen MR) is 88.8 cm³/mol. The van der Waals surface area contributed by atoms with E-state index in [4.69, 9.17) is 4.74 Å². The lowest BCUT2D eigenvalue weighted by Gasteiger charge is -2.14. The second kappa shape index (κ2) is 7.99. The first-order chi connectivity index (χ1) is 10.2. The molecule has 1 unspecified atom stereocenters. The summed E-state index contributed by atoms with van der Waals surface area (Å²) >= 11 is 0. The zero-order valence-corrected chi connectivity index (χ0v) is 14.1. The molecule has 1 rings (SSSR count). The maximum absolute atomic E-state index is 11.7. The van der Waals surface area contributed by atoms with E-state index in [1.807, 2.05) is 52.8 Å². The van der Waals surface area contributed by atoms with Crippen molar-refractivity contribution in [2.24, 2.45) is 5.41 Å². The second-order valence-corrected chi connectivity index (χ2v) is 6.70.